The van der Waals surface area contributed by atoms with Gasteiger partial charge in [0.15, 0.2) is 0 Å². The number of halogens is 3. The highest BCUT2D eigenvalue weighted by Crippen LogP contribution is 2.36. The predicted octanol–water partition coefficient (Wildman–Crippen LogP) is 3.31. The lowest BCUT2D eigenvalue weighted by molar-refractivity contribution is 0.227. The van der Waals surface area contributed by atoms with Gasteiger partial charge in [-0.3, -0.25) is 0 Å². The number of piperidine rings is 1. The molecule has 0 radical (unpaired) electrons. The summed E-state index contributed by atoms with van der Waals surface area (Å²) in [6.07, 6.45) is 2.53. The molecule has 5 nitrogen and oxygen atoms in total. The van der Waals surface area contributed by atoms with Crippen molar-refractivity contribution in [1.82, 2.24) is 4.31 Å². The average molecular weight is 404 g/mol. The maximum absolute atomic E-state index is 13.0. The lowest BCUT2D eigenvalue weighted by Gasteiger charge is -2.37. The minimum atomic E-state index is -3.75. The Morgan fingerprint density at radius 3 is 2.52 bits per heavy atom. The molecule has 132 valence electrons. The van der Waals surface area contributed by atoms with Crippen LogP contribution in [0.25, 0.3) is 0 Å². The number of benzene rings is 1. The third-order valence-corrected chi connectivity index (χ3v) is 6.58. The third-order valence-electron chi connectivity index (χ3n) is 3.90. The molecule has 1 aliphatic rings. The van der Waals surface area contributed by atoms with Crippen molar-refractivity contribution < 1.29 is 13.2 Å². The molecule has 1 saturated heterocycles. The van der Waals surface area contributed by atoms with E-state index < -0.39 is 10.0 Å². The molecule has 1 aromatic carbocycles. The quantitative estimate of drug-likeness (QED) is 0.837. The maximum Gasteiger partial charge on any atom is 0.244 e. The molecule has 23 heavy (non-hydrogen) atoms. The minimum absolute atomic E-state index is 0. The Morgan fingerprint density at radius 1 is 1.30 bits per heavy atom. The molecular weight excluding hydrogens is 383 g/mol. The van der Waals surface area contributed by atoms with Crippen molar-refractivity contribution in [3.05, 3.63) is 22.2 Å². The Morgan fingerprint density at radius 2 is 1.96 bits per heavy atom. The van der Waals surface area contributed by atoms with Gasteiger partial charge in [-0.1, -0.05) is 29.6 Å². The summed E-state index contributed by atoms with van der Waals surface area (Å²) in [5, 5.41) is 0.301. The fourth-order valence-electron chi connectivity index (χ4n) is 2.75. The van der Waals surface area contributed by atoms with Crippen molar-refractivity contribution in [2.24, 2.45) is 5.73 Å². The summed E-state index contributed by atoms with van der Waals surface area (Å²) >= 11 is 12.2. The molecule has 1 heterocycles. The second kappa shape index (κ2) is 8.23. The zero-order chi connectivity index (χ0) is 16.5. The Bertz CT molecular complexity index is 653. The van der Waals surface area contributed by atoms with Gasteiger partial charge in [0.1, 0.15) is 10.6 Å². The van der Waals surface area contributed by atoms with E-state index >= 15 is 0 Å². The second-order valence-corrected chi connectivity index (χ2v) is 8.13. The fraction of sp³-hybridized carbons (Fsp3) is 0.571. The molecule has 1 aliphatic heterocycles. The molecule has 2 atom stereocenters. The first-order valence-corrected chi connectivity index (χ1v) is 9.29. The van der Waals surface area contributed by atoms with E-state index in [1.165, 1.54) is 23.5 Å². The van der Waals surface area contributed by atoms with Crippen molar-refractivity contribution in [2.45, 2.75) is 43.2 Å². The number of sulfonamides is 1. The highest BCUT2D eigenvalue weighted by Gasteiger charge is 2.36. The molecule has 2 N–H and O–H groups in total. The Hall–Kier alpha value is -0.240. The average Bonchev–Trinajstić information content (AvgIpc) is 2.48. The monoisotopic (exact) mass is 402 g/mol. The predicted molar refractivity (Wildman–Crippen MR) is 95.4 cm³/mol. The van der Waals surface area contributed by atoms with Gasteiger partial charge in [-0.2, -0.15) is 4.31 Å². The van der Waals surface area contributed by atoms with Crippen LogP contribution in [0.2, 0.25) is 10.0 Å². The topological polar surface area (TPSA) is 72.6 Å². The second-order valence-electron chi connectivity index (χ2n) is 5.46. The van der Waals surface area contributed by atoms with Gasteiger partial charge in [-0.15, -0.1) is 12.4 Å². The molecule has 0 spiro atoms. The molecule has 0 saturated carbocycles. The summed E-state index contributed by atoms with van der Waals surface area (Å²) < 4.78 is 32.4. The van der Waals surface area contributed by atoms with Gasteiger partial charge < -0.3 is 10.5 Å². The van der Waals surface area contributed by atoms with Crippen LogP contribution in [-0.4, -0.2) is 38.5 Å². The molecule has 0 aromatic heterocycles. The Kier molecular flexibility index (Phi) is 7.44. The molecule has 0 amide bonds. The van der Waals surface area contributed by atoms with Crippen molar-refractivity contribution in [2.75, 3.05) is 13.7 Å². The smallest absolute Gasteiger partial charge is 0.244 e. The van der Waals surface area contributed by atoms with Gasteiger partial charge in [0.25, 0.3) is 0 Å². The summed E-state index contributed by atoms with van der Waals surface area (Å²) in [5.74, 6) is 0.341. The van der Waals surface area contributed by atoms with Crippen molar-refractivity contribution in [1.29, 1.82) is 0 Å². The fourth-order valence-corrected chi connectivity index (χ4v) is 5.35. The third kappa shape index (κ3) is 4.24. The lowest BCUT2D eigenvalue weighted by atomic mass is 10.00. The molecule has 1 aromatic rings. The zero-order valence-corrected chi connectivity index (χ0v) is 16.1. The van der Waals surface area contributed by atoms with Crippen molar-refractivity contribution in [3.63, 3.8) is 0 Å². The van der Waals surface area contributed by atoms with Crippen LogP contribution < -0.4 is 10.5 Å². The van der Waals surface area contributed by atoms with Crippen molar-refractivity contribution >= 4 is 45.6 Å². The standard InChI is InChI=1S/C14H20Cl2N2O3S.ClH/c1-9(17)12-5-3-4-6-18(12)22(19,20)14-8-10(15)13(21-2)7-11(14)16;/h7-9,12H,3-6,17H2,1-2H3;1H. The van der Waals surface area contributed by atoms with Crippen LogP contribution >= 0.6 is 35.6 Å². The van der Waals surface area contributed by atoms with Gasteiger partial charge in [-0.05, 0) is 25.8 Å². The number of hydrogen-bond acceptors (Lipinski definition) is 4. The normalized spacial score (nSPS) is 20.7. The molecule has 0 bridgehead atoms. The van der Waals surface area contributed by atoms with Crippen LogP contribution in [0.1, 0.15) is 26.2 Å². The van der Waals surface area contributed by atoms with Crippen LogP contribution in [-0.2, 0) is 10.0 Å². The number of nitrogens with zero attached hydrogens (tertiary/aromatic N) is 1. The van der Waals surface area contributed by atoms with Crippen LogP contribution in [0, 0.1) is 0 Å². The van der Waals surface area contributed by atoms with Gasteiger partial charge in [0.05, 0.1) is 17.2 Å². The van der Waals surface area contributed by atoms with Crippen LogP contribution in [0.5, 0.6) is 5.75 Å². The van der Waals surface area contributed by atoms with Gasteiger partial charge in [0.2, 0.25) is 10.0 Å². The number of hydrogen-bond donors (Lipinski definition) is 1. The lowest BCUT2D eigenvalue weighted by Crippen LogP contribution is -2.51. The first-order valence-electron chi connectivity index (χ1n) is 7.09. The first-order chi connectivity index (χ1) is 10.3. The van der Waals surface area contributed by atoms with E-state index in [1.54, 1.807) is 0 Å². The number of rotatable bonds is 4. The van der Waals surface area contributed by atoms with Crippen LogP contribution in [0.3, 0.4) is 0 Å². The van der Waals surface area contributed by atoms with E-state index in [0.29, 0.717) is 12.3 Å². The summed E-state index contributed by atoms with van der Waals surface area (Å²) in [4.78, 5) is -0.00693. The number of methoxy groups -OCH3 is 1. The molecule has 2 unspecified atom stereocenters. The first kappa shape index (κ1) is 20.8. The number of nitrogens with two attached hydrogens (primary N) is 1. The van der Waals surface area contributed by atoms with E-state index in [1.807, 2.05) is 6.92 Å². The molecule has 2 rings (SSSR count). The van der Waals surface area contributed by atoms with E-state index in [4.69, 9.17) is 33.7 Å². The summed E-state index contributed by atoms with van der Waals surface area (Å²) in [6.45, 7) is 2.26. The largest absolute Gasteiger partial charge is 0.495 e. The van der Waals surface area contributed by atoms with E-state index in [0.717, 1.165) is 19.3 Å². The van der Waals surface area contributed by atoms with E-state index in [2.05, 4.69) is 0 Å². The van der Waals surface area contributed by atoms with Gasteiger partial charge in [-0.25, -0.2) is 8.42 Å². The molecule has 0 aliphatic carbocycles. The Labute approximate surface area is 153 Å². The highest BCUT2D eigenvalue weighted by atomic mass is 35.5. The molecular formula is C14H21Cl3N2O3S. The summed E-state index contributed by atoms with van der Waals surface area (Å²) in [7, 11) is -2.31. The van der Waals surface area contributed by atoms with E-state index in [9.17, 15) is 8.42 Å². The van der Waals surface area contributed by atoms with Crippen LogP contribution in [0.4, 0.5) is 0 Å². The van der Waals surface area contributed by atoms with Crippen LogP contribution in [0.15, 0.2) is 17.0 Å². The van der Waals surface area contributed by atoms with E-state index in [-0.39, 0.29) is 39.4 Å². The summed E-state index contributed by atoms with van der Waals surface area (Å²) in [5.41, 5.74) is 5.96. The summed E-state index contributed by atoms with van der Waals surface area (Å²) in [6, 6.07) is 2.28. The molecule has 9 heteroatoms. The SMILES string of the molecule is COc1cc(Cl)c(S(=O)(=O)N2CCCCC2C(C)N)cc1Cl.Cl. The maximum atomic E-state index is 13.0. The number of ether oxygens (including phenoxy) is 1. The molecule has 1 fully saturated rings. The van der Waals surface area contributed by atoms with Gasteiger partial charge >= 0.3 is 0 Å². The van der Waals surface area contributed by atoms with Gasteiger partial charge in [0, 0.05) is 24.7 Å². The minimum Gasteiger partial charge on any atom is -0.495 e. The highest BCUT2D eigenvalue weighted by molar-refractivity contribution is 7.89. The van der Waals surface area contributed by atoms with Crippen molar-refractivity contribution in [3.8, 4) is 5.75 Å². The Balaban J connectivity index is 0.00000264. The zero-order valence-electron chi connectivity index (χ0n) is 13.0.